The largest absolute Gasteiger partial charge is 0.481 e. The Kier molecular flexibility index (Phi) is 4.79. The minimum absolute atomic E-state index is 0.113. The van der Waals surface area contributed by atoms with Crippen LogP contribution in [0.4, 0.5) is 11.4 Å². The molecule has 0 radical (unpaired) electrons. The van der Waals surface area contributed by atoms with Crippen LogP contribution in [0.15, 0.2) is 54.6 Å². The topological polar surface area (TPSA) is 69.6 Å². The zero-order chi connectivity index (χ0) is 16.9. The number of hydrogen-bond acceptors (Lipinski definition) is 3. The van der Waals surface area contributed by atoms with Gasteiger partial charge in [-0.25, -0.2) is 0 Å². The van der Waals surface area contributed by atoms with Crippen LogP contribution in [-0.4, -0.2) is 35.0 Å². The van der Waals surface area contributed by atoms with Crippen LogP contribution in [0.1, 0.15) is 23.2 Å². The molecule has 1 unspecified atom stereocenters. The number of nitrogens with zero attached hydrogens (tertiary/aromatic N) is 1. The van der Waals surface area contributed by atoms with Crippen molar-refractivity contribution in [1.82, 2.24) is 4.90 Å². The van der Waals surface area contributed by atoms with E-state index in [0.29, 0.717) is 18.5 Å². The number of hydrogen-bond donors (Lipinski definition) is 2. The van der Waals surface area contributed by atoms with Gasteiger partial charge in [0.1, 0.15) is 0 Å². The van der Waals surface area contributed by atoms with Crippen LogP contribution in [0.25, 0.3) is 0 Å². The average molecular weight is 324 g/mol. The maximum atomic E-state index is 12.7. The molecule has 0 aliphatic carbocycles. The Labute approximate surface area is 140 Å². The Balaban J connectivity index is 1.73. The molecule has 2 aromatic carbocycles. The number of likely N-dealkylation sites (tertiary alicyclic amines) is 1. The zero-order valence-electron chi connectivity index (χ0n) is 13.3. The average Bonchev–Trinajstić information content (AvgIpc) is 2.62. The first-order chi connectivity index (χ1) is 11.6. The predicted octanol–water partition coefficient (Wildman–Crippen LogP) is 3.37. The van der Waals surface area contributed by atoms with Crippen molar-refractivity contribution < 1.29 is 14.7 Å². The van der Waals surface area contributed by atoms with E-state index < -0.39 is 11.9 Å². The quantitative estimate of drug-likeness (QED) is 0.905. The molecule has 24 heavy (non-hydrogen) atoms. The number of amides is 1. The van der Waals surface area contributed by atoms with Crippen LogP contribution in [-0.2, 0) is 4.79 Å². The van der Waals surface area contributed by atoms with E-state index in [0.717, 1.165) is 17.8 Å². The first-order valence-electron chi connectivity index (χ1n) is 8.08. The minimum atomic E-state index is -0.827. The zero-order valence-corrected chi connectivity index (χ0v) is 13.3. The fraction of sp³-hybridized carbons (Fsp3) is 0.263. The van der Waals surface area contributed by atoms with Gasteiger partial charge in [0, 0.05) is 30.0 Å². The van der Waals surface area contributed by atoms with Gasteiger partial charge in [-0.05, 0) is 43.2 Å². The summed E-state index contributed by atoms with van der Waals surface area (Å²) >= 11 is 0. The maximum Gasteiger partial charge on any atom is 0.308 e. The van der Waals surface area contributed by atoms with Crippen molar-refractivity contribution in [3.63, 3.8) is 0 Å². The highest BCUT2D eigenvalue weighted by Crippen LogP contribution is 2.21. The van der Waals surface area contributed by atoms with Crippen molar-refractivity contribution in [3.8, 4) is 0 Å². The van der Waals surface area contributed by atoms with Gasteiger partial charge in [-0.2, -0.15) is 0 Å². The highest BCUT2D eigenvalue weighted by atomic mass is 16.4. The molecule has 0 aromatic heterocycles. The summed E-state index contributed by atoms with van der Waals surface area (Å²) in [7, 11) is 0. The van der Waals surface area contributed by atoms with Crippen LogP contribution in [0.5, 0.6) is 0 Å². The Morgan fingerprint density at radius 3 is 2.54 bits per heavy atom. The Morgan fingerprint density at radius 2 is 1.79 bits per heavy atom. The number of carbonyl (C=O) groups excluding carboxylic acids is 1. The van der Waals surface area contributed by atoms with E-state index in [1.54, 1.807) is 17.0 Å². The van der Waals surface area contributed by atoms with Gasteiger partial charge in [0.15, 0.2) is 0 Å². The lowest BCUT2D eigenvalue weighted by atomic mass is 9.97. The molecule has 5 heteroatoms. The van der Waals surface area contributed by atoms with Crippen LogP contribution < -0.4 is 5.32 Å². The van der Waals surface area contributed by atoms with Gasteiger partial charge < -0.3 is 15.3 Å². The Hall–Kier alpha value is -2.82. The van der Waals surface area contributed by atoms with Gasteiger partial charge in [0.25, 0.3) is 5.91 Å². The second kappa shape index (κ2) is 7.17. The van der Waals surface area contributed by atoms with Gasteiger partial charge in [-0.3, -0.25) is 9.59 Å². The Bertz CT molecular complexity index is 730. The number of para-hydroxylation sites is 1. The maximum absolute atomic E-state index is 12.7. The molecular formula is C19H20N2O3. The third kappa shape index (κ3) is 3.74. The second-order valence-electron chi connectivity index (χ2n) is 6.00. The summed E-state index contributed by atoms with van der Waals surface area (Å²) in [4.78, 5) is 25.5. The molecule has 1 saturated heterocycles. The van der Waals surface area contributed by atoms with E-state index in [1.807, 2.05) is 42.5 Å². The van der Waals surface area contributed by atoms with Crippen molar-refractivity contribution in [2.45, 2.75) is 12.8 Å². The molecule has 0 bridgehead atoms. The van der Waals surface area contributed by atoms with Crippen molar-refractivity contribution in [3.05, 3.63) is 60.2 Å². The number of carboxylic acid groups (broad SMARTS) is 1. The summed E-state index contributed by atoms with van der Waals surface area (Å²) in [6.45, 7) is 0.892. The van der Waals surface area contributed by atoms with E-state index in [9.17, 15) is 9.59 Å². The highest BCUT2D eigenvalue weighted by molar-refractivity contribution is 5.95. The molecule has 1 atom stereocenters. The third-order valence-corrected chi connectivity index (χ3v) is 4.23. The lowest BCUT2D eigenvalue weighted by Crippen LogP contribution is -2.42. The van der Waals surface area contributed by atoms with E-state index >= 15 is 0 Å². The van der Waals surface area contributed by atoms with Gasteiger partial charge in [0.05, 0.1) is 5.92 Å². The normalized spacial score (nSPS) is 17.3. The monoisotopic (exact) mass is 324 g/mol. The number of aliphatic carboxylic acids is 1. The van der Waals surface area contributed by atoms with Crippen molar-refractivity contribution >= 4 is 23.3 Å². The van der Waals surface area contributed by atoms with Gasteiger partial charge >= 0.3 is 5.97 Å². The van der Waals surface area contributed by atoms with Crippen molar-refractivity contribution in [1.29, 1.82) is 0 Å². The number of rotatable bonds is 4. The van der Waals surface area contributed by atoms with Crippen LogP contribution in [0, 0.1) is 5.92 Å². The summed E-state index contributed by atoms with van der Waals surface area (Å²) in [5.41, 5.74) is 2.35. The van der Waals surface area contributed by atoms with Gasteiger partial charge in [-0.15, -0.1) is 0 Å². The van der Waals surface area contributed by atoms with Crippen LogP contribution in [0.2, 0.25) is 0 Å². The molecule has 1 heterocycles. The van der Waals surface area contributed by atoms with E-state index in [2.05, 4.69) is 5.32 Å². The van der Waals surface area contributed by atoms with Gasteiger partial charge in [0.2, 0.25) is 0 Å². The molecule has 0 saturated carbocycles. The molecule has 3 rings (SSSR count). The van der Waals surface area contributed by atoms with E-state index in [1.165, 1.54) is 0 Å². The molecule has 2 N–H and O–H groups in total. The number of benzene rings is 2. The fourth-order valence-corrected chi connectivity index (χ4v) is 2.96. The fourth-order valence-electron chi connectivity index (χ4n) is 2.96. The molecule has 5 nitrogen and oxygen atoms in total. The van der Waals surface area contributed by atoms with Crippen LogP contribution in [0.3, 0.4) is 0 Å². The summed E-state index contributed by atoms with van der Waals surface area (Å²) in [6, 6.07) is 17.0. The molecule has 1 amide bonds. The summed E-state index contributed by atoms with van der Waals surface area (Å²) < 4.78 is 0. The van der Waals surface area contributed by atoms with Crippen molar-refractivity contribution in [2.75, 3.05) is 18.4 Å². The first-order valence-corrected chi connectivity index (χ1v) is 8.08. The number of carboxylic acids is 1. The number of carbonyl (C=O) groups is 2. The molecule has 1 fully saturated rings. The number of anilines is 2. The number of piperidine rings is 1. The standard InChI is InChI=1S/C19H20N2O3/c22-18(21-11-5-7-15(13-21)19(23)24)14-6-4-10-17(12-14)20-16-8-2-1-3-9-16/h1-4,6,8-10,12,15,20H,5,7,11,13H2,(H,23,24). The SMILES string of the molecule is O=C(O)C1CCCN(C(=O)c2cccc(Nc3ccccc3)c2)C1. The van der Waals surface area contributed by atoms with E-state index in [-0.39, 0.29) is 12.5 Å². The molecule has 1 aliphatic rings. The summed E-state index contributed by atoms with van der Waals surface area (Å²) in [5, 5.41) is 12.4. The third-order valence-electron chi connectivity index (χ3n) is 4.23. The smallest absolute Gasteiger partial charge is 0.308 e. The molecule has 1 aliphatic heterocycles. The van der Waals surface area contributed by atoms with Crippen LogP contribution >= 0.6 is 0 Å². The Morgan fingerprint density at radius 1 is 1.04 bits per heavy atom. The van der Waals surface area contributed by atoms with Gasteiger partial charge in [-0.1, -0.05) is 24.3 Å². The predicted molar refractivity (Wildman–Crippen MR) is 92.4 cm³/mol. The summed E-state index contributed by atoms with van der Waals surface area (Å²) in [6.07, 6.45) is 1.36. The minimum Gasteiger partial charge on any atom is -0.481 e. The number of nitrogens with one attached hydrogen (secondary N) is 1. The molecule has 0 spiro atoms. The molecular weight excluding hydrogens is 304 g/mol. The lowest BCUT2D eigenvalue weighted by Gasteiger charge is -2.30. The lowest BCUT2D eigenvalue weighted by molar-refractivity contribution is -0.143. The first kappa shape index (κ1) is 16.1. The molecule has 2 aromatic rings. The molecule has 124 valence electrons. The highest BCUT2D eigenvalue weighted by Gasteiger charge is 2.28. The summed E-state index contributed by atoms with van der Waals surface area (Å²) in [5.74, 6) is -1.40. The van der Waals surface area contributed by atoms with E-state index in [4.69, 9.17) is 5.11 Å². The van der Waals surface area contributed by atoms with Crippen molar-refractivity contribution in [2.24, 2.45) is 5.92 Å². The second-order valence-corrected chi connectivity index (χ2v) is 6.00.